The number of benzene rings is 1. The summed E-state index contributed by atoms with van der Waals surface area (Å²) in [4.78, 5) is 0. The van der Waals surface area contributed by atoms with Gasteiger partial charge in [-0.3, -0.25) is 0 Å². The highest BCUT2D eigenvalue weighted by Crippen LogP contribution is 2.10. The molecule has 0 radical (unpaired) electrons. The minimum atomic E-state index is -0.580. The molecule has 0 aliphatic rings. The van der Waals surface area contributed by atoms with Gasteiger partial charge in [-0.25, -0.2) is 8.78 Å². The van der Waals surface area contributed by atoms with E-state index in [1.165, 1.54) is 12.1 Å². The highest BCUT2D eigenvalue weighted by atomic mass is 19.1. The van der Waals surface area contributed by atoms with Crippen LogP contribution in [0.2, 0.25) is 0 Å². The number of rotatable bonds is 5. The topological polar surface area (TPSA) is 32.3 Å². The molecule has 90 valence electrons. The fourth-order valence-corrected chi connectivity index (χ4v) is 1.42. The number of nitrogens with one attached hydrogen (secondary N) is 1. The molecule has 0 saturated carbocycles. The average molecular weight is 229 g/mol. The Balaban J connectivity index is 2.60. The van der Waals surface area contributed by atoms with E-state index in [-0.39, 0.29) is 25.1 Å². The second-order valence-electron chi connectivity index (χ2n) is 4.15. The van der Waals surface area contributed by atoms with Crippen LogP contribution in [-0.4, -0.2) is 17.8 Å². The summed E-state index contributed by atoms with van der Waals surface area (Å²) in [5.41, 5.74) is 0.403. The normalized spacial score (nSPS) is 13.1. The minimum absolute atomic E-state index is 0.000477. The molecule has 0 bridgehead atoms. The Bertz CT molecular complexity index is 342. The van der Waals surface area contributed by atoms with Crippen molar-refractivity contribution in [3.63, 3.8) is 0 Å². The molecule has 0 spiro atoms. The second kappa shape index (κ2) is 5.92. The molecule has 2 N–H and O–H groups in total. The Morgan fingerprint density at radius 3 is 2.50 bits per heavy atom. The van der Waals surface area contributed by atoms with Gasteiger partial charge in [-0.1, -0.05) is 19.9 Å². The van der Waals surface area contributed by atoms with Crippen LogP contribution in [0.25, 0.3) is 0 Å². The van der Waals surface area contributed by atoms with Crippen LogP contribution in [0.3, 0.4) is 0 Å². The van der Waals surface area contributed by atoms with Crippen molar-refractivity contribution in [1.82, 2.24) is 5.32 Å². The standard InChI is InChI=1S/C12H17F2NO/c1-8(2)12(7-16)15-6-9-3-4-10(13)5-11(9)14/h3-5,8,12,15-16H,6-7H2,1-2H3/t12-/m1/s1. The summed E-state index contributed by atoms with van der Waals surface area (Å²) in [6.07, 6.45) is 0. The summed E-state index contributed by atoms with van der Waals surface area (Å²) in [7, 11) is 0. The molecular formula is C12H17F2NO. The Morgan fingerprint density at radius 1 is 1.31 bits per heavy atom. The van der Waals surface area contributed by atoms with Crippen LogP contribution in [0.1, 0.15) is 19.4 Å². The van der Waals surface area contributed by atoms with Crippen LogP contribution in [-0.2, 0) is 6.54 Å². The van der Waals surface area contributed by atoms with Crippen molar-refractivity contribution < 1.29 is 13.9 Å². The molecule has 0 unspecified atom stereocenters. The van der Waals surface area contributed by atoms with E-state index in [0.717, 1.165) is 6.07 Å². The third kappa shape index (κ3) is 3.54. The van der Waals surface area contributed by atoms with Gasteiger partial charge in [-0.15, -0.1) is 0 Å². The van der Waals surface area contributed by atoms with Crippen LogP contribution in [0.5, 0.6) is 0 Å². The number of hydrogen-bond acceptors (Lipinski definition) is 2. The lowest BCUT2D eigenvalue weighted by Crippen LogP contribution is -2.36. The maximum Gasteiger partial charge on any atom is 0.130 e. The largest absolute Gasteiger partial charge is 0.395 e. The average Bonchev–Trinajstić information content (AvgIpc) is 2.21. The second-order valence-corrected chi connectivity index (χ2v) is 4.15. The van der Waals surface area contributed by atoms with Crippen LogP contribution >= 0.6 is 0 Å². The summed E-state index contributed by atoms with van der Waals surface area (Å²) in [5.74, 6) is -0.884. The molecule has 0 heterocycles. The van der Waals surface area contributed by atoms with Gasteiger partial charge in [0.25, 0.3) is 0 Å². The number of aliphatic hydroxyl groups excluding tert-OH is 1. The molecular weight excluding hydrogens is 212 g/mol. The lowest BCUT2D eigenvalue weighted by Gasteiger charge is -2.20. The zero-order valence-corrected chi connectivity index (χ0v) is 9.50. The zero-order chi connectivity index (χ0) is 12.1. The van der Waals surface area contributed by atoms with Gasteiger partial charge in [0, 0.05) is 24.2 Å². The predicted molar refractivity (Wildman–Crippen MR) is 58.9 cm³/mol. The molecule has 0 fully saturated rings. The van der Waals surface area contributed by atoms with Crippen LogP contribution in [0, 0.1) is 17.6 Å². The first-order valence-electron chi connectivity index (χ1n) is 5.32. The predicted octanol–water partition coefficient (Wildman–Crippen LogP) is 2.07. The first kappa shape index (κ1) is 13.1. The fourth-order valence-electron chi connectivity index (χ4n) is 1.42. The van der Waals surface area contributed by atoms with E-state index >= 15 is 0 Å². The quantitative estimate of drug-likeness (QED) is 0.810. The van der Waals surface area contributed by atoms with Gasteiger partial charge < -0.3 is 10.4 Å². The smallest absolute Gasteiger partial charge is 0.130 e. The molecule has 2 nitrogen and oxygen atoms in total. The van der Waals surface area contributed by atoms with Crippen molar-refractivity contribution in [3.8, 4) is 0 Å². The van der Waals surface area contributed by atoms with Crippen LogP contribution in [0.15, 0.2) is 18.2 Å². The molecule has 1 rings (SSSR count). The maximum absolute atomic E-state index is 13.3. The summed E-state index contributed by atoms with van der Waals surface area (Å²) in [6, 6.07) is 3.42. The number of hydrogen-bond donors (Lipinski definition) is 2. The van der Waals surface area contributed by atoms with Crippen molar-refractivity contribution in [1.29, 1.82) is 0 Å². The van der Waals surface area contributed by atoms with Gasteiger partial charge in [0.2, 0.25) is 0 Å². The summed E-state index contributed by atoms with van der Waals surface area (Å²) < 4.78 is 25.9. The first-order valence-corrected chi connectivity index (χ1v) is 5.32. The third-order valence-corrected chi connectivity index (χ3v) is 2.57. The summed E-state index contributed by atoms with van der Waals surface area (Å²) in [5, 5.41) is 12.1. The molecule has 1 atom stereocenters. The van der Waals surface area contributed by atoms with Crippen molar-refractivity contribution in [2.75, 3.05) is 6.61 Å². The van der Waals surface area contributed by atoms with Gasteiger partial charge >= 0.3 is 0 Å². The summed E-state index contributed by atoms with van der Waals surface area (Å²) in [6.45, 7) is 4.22. The lowest BCUT2D eigenvalue weighted by atomic mass is 10.0. The third-order valence-electron chi connectivity index (χ3n) is 2.57. The van der Waals surface area contributed by atoms with E-state index in [1.807, 2.05) is 13.8 Å². The van der Waals surface area contributed by atoms with Crippen LogP contribution in [0.4, 0.5) is 8.78 Å². The molecule has 1 aromatic carbocycles. The van der Waals surface area contributed by atoms with Gasteiger partial charge in [0.15, 0.2) is 0 Å². The van der Waals surface area contributed by atoms with Gasteiger partial charge in [0.1, 0.15) is 11.6 Å². The molecule has 0 saturated heterocycles. The van der Waals surface area contributed by atoms with Gasteiger partial charge in [0.05, 0.1) is 6.61 Å². The lowest BCUT2D eigenvalue weighted by molar-refractivity contribution is 0.209. The molecule has 4 heteroatoms. The van der Waals surface area contributed by atoms with Crippen LogP contribution < -0.4 is 5.32 Å². The zero-order valence-electron chi connectivity index (χ0n) is 9.50. The summed E-state index contributed by atoms with van der Waals surface area (Å²) >= 11 is 0. The van der Waals surface area contributed by atoms with E-state index < -0.39 is 11.6 Å². The van der Waals surface area contributed by atoms with E-state index in [2.05, 4.69) is 5.32 Å². The number of halogens is 2. The maximum atomic E-state index is 13.3. The molecule has 0 aromatic heterocycles. The molecule has 0 amide bonds. The van der Waals surface area contributed by atoms with E-state index in [4.69, 9.17) is 5.11 Å². The van der Waals surface area contributed by atoms with E-state index in [1.54, 1.807) is 0 Å². The Morgan fingerprint density at radius 2 is 2.00 bits per heavy atom. The molecule has 0 aliphatic carbocycles. The van der Waals surface area contributed by atoms with E-state index in [9.17, 15) is 8.78 Å². The van der Waals surface area contributed by atoms with Crippen molar-refractivity contribution in [2.24, 2.45) is 5.92 Å². The van der Waals surface area contributed by atoms with Gasteiger partial charge in [-0.05, 0) is 12.0 Å². The molecule has 16 heavy (non-hydrogen) atoms. The van der Waals surface area contributed by atoms with Gasteiger partial charge in [-0.2, -0.15) is 0 Å². The number of aliphatic hydroxyl groups is 1. The fraction of sp³-hybridized carbons (Fsp3) is 0.500. The van der Waals surface area contributed by atoms with Crippen molar-refractivity contribution in [2.45, 2.75) is 26.4 Å². The van der Waals surface area contributed by atoms with E-state index in [0.29, 0.717) is 5.56 Å². The minimum Gasteiger partial charge on any atom is -0.395 e. The molecule has 1 aromatic rings. The SMILES string of the molecule is CC(C)[C@@H](CO)NCc1ccc(F)cc1F. The Hall–Kier alpha value is -1.00. The highest BCUT2D eigenvalue weighted by Gasteiger charge is 2.12. The Kier molecular flexibility index (Phi) is 4.83. The highest BCUT2D eigenvalue weighted by molar-refractivity contribution is 5.18. The van der Waals surface area contributed by atoms with Crippen molar-refractivity contribution >= 4 is 0 Å². The monoisotopic (exact) mass is 229 g/mol. The van der Waals surface area contributed by atoms with Crippen molar-refractivity contribution in [3.05, 3.63) is 35.4 Å². The molecule has 0 aliphatic heterocycles. The first-order chi connectivity index (χ1) is 7.54. The Labute approximate surface area is 94.3 Å².